The standard InChI is InChI=1S/C52H72N4O12/c1-13-42-52(9)46(55-39-25-36(20-21-41(39)68-52)28-54-50(61)63-22-16-17-35-24-37-18-14-15-19-38(37)53-27-35)31(4)43(58)29(2)26-51(8,62-12)47(32(5)44(59)33(6)48(60)66-42)67-49-45(65-34(7)57)40(56(10)11)23-30(3)64-49/h14-15,18-21,24-25,27,29-33,40,42,45-47,49,55H,13,16-17,22-23,26,28H2,1-12H3,(H,54,61)/t29-,30-,31+,32+,33-,40+,42?,45-,46-,47-,49+,51-,52-/m1/s1. The van der Waals surface area contributed by atoms with Crippen LogP contribution in [-0.4, -0.2) is 121 Å². The normalized spacial score (nSPS) is 32.4. The Bertz CT molecular complexity index is 2290. The van der Waals surface area contributed by atoms with E-state index in [0.29, 0.717) is 37.1 Å². The van der Waals surface area contributed by atoms with Gasteiger partial charge < -0.3 is 48.7 Å². The molecule has 13 atom stereocenters. The van der Waals surface area contributed by atoms with Crippen LogP contribution < -0.4 is 15.4 Å². The first-order chi connectivity index (χ1) is 32.2. The van der Waals surface area contributed by atoms with Crippen molar-refractivity contribution in [2.45, 2.75) is 155 Å². The number of esters is 2. The number of ketones is 2. The fourth-order valence-corrected chi connectivity index (χ4v) is 10.3. The molecule has 16 nitrogen and oxygen atoms in total. The van der Waals surface area contributed by atoms with Crippen LogP contribution in [0, 0.1) is 23.7 Å². The number of pyridine rings is 1. The summed E-state index contributed by atoms with van der Waals surface area (Å²) in [6.45, 7) is 15.9. The number of hydrogen-bond donors (Lipinski definition) is 2. The number of aryl methyl sites for hydroxylation is 1. The average molecular weight is 945 g/mol. The third kappa shape index (κ3) is 11.6. The predicted molar refractivity (Wildman–Crippen MR) is 255 cm³/mol. The Morgan fingerprint density at radius 2 is 1.71 bits per heavy atom. The minimum absolute atomic E-state index is 0.121. The maximum absolute atomic E-state index is 14.9. The quantitative estimate of drug-likeness (QED) is 0.0801. The first kappa shape index (κ1) is 52.2. The SMILES string of the molecule is CCC1OC(=O)[C@H](C)C(=O)[C@H](C)[C@@H](O[C@@H]2O[C@H](C)C[C@H](N(C)C)[C@H]2OC(C)=O)[C@](C)(OC)C[C@@H](C)C(=O)[C@H](C)[C@H]2Nc3cc(CNC(=O)OCCCc4cnc5ccccc5c4)ccc3O[C@]12C. The number of Topliss-reactive ketones (excluding diaryl/α,β-unsaturated/α-hetero) is 2. The number of ether oxygens (including phenoxy) is 7. The molecule has 0 aliphatic carbocycles. The Morgan fingerprint density at radius 3 is 2.40 bits per heavy atom. The van der Waals surface area contributed by atoms with E-state index >= 15 is 0 Å². The van der Waals surface area contributed by atoms with Gasteiger partial charge in [-0.05, 0) is 109 Å². The number of fused-ring (bicyclic) bond motifs is 3. The molecule has 372 valence electrons. The van der Waals surface area contributed by atoms with Crippen LogP contribution in [0.15, 0.2) is 54.7 Å². The van der Waals surface area contributed by atoms with Crippen LogP contribution in [0.1, 0.15) is 99.1 Å². The van der Waals surface area contributed by atoms with Crippen LogP contribution in [-0.2, 0) is 60.6 Å². The summed E-state index contributed by atoms with van der Waals surface area (Å²) >= 11 is 0. The van der Waals surface area contributed by atoms with Gasteiger partial charge in [-0.2, -0.15) is 0 Å². The largest absolute Gasteiger partial charge is 0.479 e. The second kappa shape index (κ2) is 22.1. The van der Waals surface area contributed by atoms with Crippen molar-refractivity contribution in [2.24, 2.45) is 23.7 Å². The van der Waals surface area contributed by atoms with Gasteiger partial charge in [0, 0.05) is 49.9 Å². The number of amides is 1. The Kier molecular flexibility index (Phi) is 16.9. The number of carbonyl (C=O) groups is 5. The molecule has 0 bridgehead atoms. The molecule has 0 spiro atoms. The second-order valence-corrected chi connectivity index (χ2v) is 19.6. The van der Waals surface area contributed by atoms with Gasteiger partial charge in [0.15, 0.2) is 23.8 Å². The Hall–Kier alpha value is -5.16. The molecule has 68 heavy (non-hydrogen) atoms. The van der Waals surface area contributed by atoms with E-state index in [1.54, 1.807) is 19.9 Å². The minimum atomic E-state index is -1.30. The first-order valence-corrected chi connectivity index (χ1v) is 24.0. The lowest BCUT2D eigenvalue weighted by Crippen LogP contribution is -2.64. The van der Waals surface area contributed by atoms with Crippen LogP contribution in [0.3, 0.4) is 0 Å². The summed E-state index contributed by atoms with van der Waals surface area (Å²) < 4.78 is 43.8. The molecule has 16 heteroatoms. The molecule has 3 aliphatic rings. The lowest BCUT2D eigenvalue weighted by molar-refractivity contribution is -0.298. The van der Waals surface area contributed by atoms with Crippen LogP contribution in [0.2, 0.25) is 0 Å². The highest BCUT2D eigenvalue weighted by molar-refractivity contribution is 6.00. The van der Waals surface area contributed by atoms with Crippen molar-refractivity contribution in [3.8, 4) is 5.75 Å². The van der Waals surface area contributed by atoms with E-state index in [1.807, 2.05) is 96.2 Å². The maximum atomic E-state index is 14.9. The van der Waals surface area contributed by atoms with Gasteiger partial charge in [0.05, 0.1) is 47.7 Å². The van der Waals surface area contributed by atoms with E-state index in [0.717, 1.165) is 22.0 Å². The number of alkyl carbamates (subject to hydrolysis) is 1. The fraction of sp³-hybridized carbons (Fsp3) is 0.615. The van der Waals surface area contributed by atoms with Gasteiger partial charge in [0.25, 0.3) is 0 Å². The summed E-state index contributed by atoms with van der Waals surface area (Å²) in [7, 11) is 5.27. The number of para-hydroxylation sites is 1. The number of anilines is 1. The number of aromatic nitrogens is 1. The molecular formula is C52H72N4O12. The monoisotopic (exact) mass is 945 g/mol. The highest BCUT2D eigenvalue weighted by Gasteiger charge is 2.55. The third-order valence-corrected chi connectivity index (χ3v) is 14.2. The molecule has 3 aromatic rings. The summed E-state index contributed by atoms with van der Waals surface area (Å²) in [4.78, 5) is 75.3. The highest BCUT2D eigenvalue weighted by Crippen LogP contribution is 2.44. The van der Waals surface area contributed by atoms with E-state index in [-0.39, 0.29) is 37.5 Å². The van der Waals surface area contributed by atoms with Crippen molar-refractivity contribution >= 4 is 46.2 Å². The lowest BCUT2D eigenvalue weighted by atomic mass is 9.72. The highest BCUT2D eigenvalue weighted by atomic mass is 16.7. The van der Waals surface area contributed by atoms with E-state index in [9.17, 15) is 24.0 Å². The van der Waals surface area contributed by atoms with E-state index in [4.69, 9.17) is 33.2 Å². The number of cyclic esters (lactones) is 1. The zero-order chi connectivity index (χ0) is 49.7. The molecule has 4 heterocycles. The number of carbonyl (C=O) groups excluding carboxylic acids is 5. The predicted octanol–water partition coefficient (Wildman–Crippen LogP) is 7.22. The lowest BCUT2D eigenvalue weighted by Gasteiger charge is -2.50. The molecule has 6 rings (SSSR count). The zero-order valence-electron chi connectivity index (χ0n) is 41.8. The molecule has 1 aromatic heterocycles. The Balaban J connectivity index is 1.22. The summed E-state index contributed by atoms with van der Waals surface area (Å²) in [5.74, 6) is -4.96. The molecule has 1 unspecified atom stereocenters. The number of benzene rings is 2. The van der Waals surface area contributed by atoms with E-state index in [1.165, 1.54) is 21.0 Å². The van der Waals surface area contributed by atoms with Crippen LogP contribution >= 0.6 is 0 Å². The fourth-order valence-electron chi connectivity index (χ4n) is 10.3. The van der Waals surface area contributed by atoms with Crippen molar-refractivity contribution in [3.63, 3.8) is 0 Å². The van der Waals surface area contributed by atoms with Gasteiger partial charge in [-0.1, -0.05) is 52.0 Å². The van der Waals surface area contributed by atoms with E-state index < -0.39 is 89.3 Å². The summed E-state index contributed by atoms with van der Waals surface area (Å²) in [5.41, 5.74) is 0.758. The summed E-state index contributed by atoms with van der Waals surface area (Å²) in [6.07, 6.45) is -0.619. The number of rotatable bonds is 12. The molecule has 0 saturated carbocycles. The molecule has 2 N–H and O–H groups in total. The molecule has 2 aromatic carbocycles. The van der Waals surface area contributed by atoms with Crippen LogP contribution in [0.4, 0.5) is 10.5 Å². The molecule has 1 amide bonds. The van der Waals surface area contributed by atoms with Crippen molar-refractivity contribution in [1.82, 2.24) is 15.2 Å². The second-order valence-electron chi connectivity index (χ2n) is 19.6. The van der Waals surface area contributed by atoms with Gasteiger partial charge in [-0.25, -0.2) is 4.79 Å². The zero-order valence-corrected chi connectivity index (χ0v) is 41.8. The number of hydrogen-bond acceptors (Lipinski definition) is 15. The molecule has 2 fully saturated rings. The maximum Gasteiger partial charge on any atom is 0.407 e. The third-order valence-electron chi connectivity index (χ3n) is 14.2. The number of likely N-dealkylation sites (N-methyl/N-ethyl adjacent to an activating group) is 1. The first-order valence-electron chi connectivity index (χ1n) is 24.0. The van der Waals surface area contributed by atoms with Gasteiger partial charge >= 0.3 is 18.0 Å². The number of methoxy groups -OCH3 is 1. The van der Waals surface area contributed by atoms with Crippen molar-refractivity contribution in [1.29, 1.82) is 0 Å². The van der Waals surface area contributed by atoms with Gasteiger partial charge in [-0.3, -0.25) is 24.2 Å². The van der Waals surface area contributed by atoms with Crippen molar-refractivity contribution in [2.75, 3.05) is 33.1 Å². The minimum Gasteiger partial charge on any atom is -0.479 e. The number of nitrogens with one attached hydrogen (secondary N) is 2. The van der Waals surface area contributed by atoms with Crippen molar-refractivity contribution < 1.29 is 57.1 Å². The van der Waals surface area contributed by atoms with Crippen molar-refractivity contribution in [3.05, 3.63) is 65.9 Å². The molecule has 3 aliphatic heterocycles. The smallest absolute Gasteiger partial charge is 0.407 e. The van der Waals surface area contributed by atoms with Gasteiger partial charge in [-0.15, -0.1) is 0 Å². The molecular weight excluding hydrogens is 873 g/mol. The Labute approximate surface area is 400 Å². The van der Waals surface area contributed by atoms with Gasteiger partial charge in [0.2, 0.25) is 0 Å². The molecule has 0 radical (unpaired) electrons. The van der Waals surface area contributed by atoms with E-state index in [2.05, 4.69) is 21.7 Å². The van der Waals surface area contributed by atoms with Crippen LogP contribution in [0.25, 0.3) is 10.9 Å². The van der Waals surface area contributed by atoms with Gasteiger partial charge in [0.1, 0.15) is 23.6 Å². The topological polar surface area (TPSA) is 190 Å². The molecule has 2 saturated heterocycles. The average Bonchev–Trinajstić information content (AvgIpc) is 3.31. The summed E-state index contributed by atoms with van der Waals surface area (Å²) in [6, 6.07) is 14.5. The number of nitrogens with zero attached hydrogens (tertiary/aromatic N) is 2. The Morgan fingerprint density at radius 1 is 0.971 bits per heavy atom. The summed E-state index contributed by atoms with van der Waals surface area (Å²) in [5, 5.41) is 7.48. The van der Waals surface area contributed by atoms with Crippen LogP contribution in [0.5, 0.6) is 5.75 Å².